The fourth-order valence-electron chi connectivity index (χ4n) is 2.63. The predicted molar refractivity (Wildman–Crippen MR) is 146 cm³/mol. The van der Waals surface area contributed by atoms with E-state index in [-0.39, 0.29) is 0 Å². The molecule has 0 atom stereocenters. The van der Waals surface area contributed by atoms with Crippen molar-refractivity contribution in [2.45, 2.75) is 0 Å². The molecule has 5 nitrogen and oxygen atoms in total. The average Bonchev–Trinajstić information content (AvgIpc) is 2.72. The highest BCUT2D eigenvalue weighted by molar-refractivity contribution is 7.81. The zero-order valence-corrected chi connectivity index (χ0v) is 21.1. The van der Waals surface area contributed by atoms with Gasteiger partial charge in [-0.3, -0.25) is 0 Å². The van der Waals surface area contributed by atoms with Crippen LogP contribution in [-0.4, -0.2) is 17.3 Å². The van der Waals surface area contributed by atoms with Crippen molar-refractivity contribution in [3.63, 3.8) is 0 Å². The zero-order valence-electron chi connectivity index (χ0n) is 16.4. The quantitative estimate of drug-likeness (QED) is 0.243. The van der Waals surface area contributed by atoms with Gasteiger partial charge in [0.05, 0.1) is 34.2 Å². The minimum absolute atomic E-state index is 0.318. The molecule has 0 aliphatic rings. The Morgan fingerprint density at radius 1 is 0.656 bits per heavy atom. The lowest BCUT2D eigenvalue weighted by atomic mass is 10.2. The van der Waals surface area contributed by atoms with Crippen molar-refractivity contribution in [3.8, 4) is 5.75 Å². The fourth-order valence-corrected chi connectivity index (χ4v) is 3.98. The molecule has 32 heavy (non-hydrogen) atoms. The molecule has 0 unspecified atom stereocenters. The molecule has 0 saturated heterocycles. The molecule has 0 aliphatic carbocycles. The first-order valence-electron chi connectivity index (χ1n) is 8.99. The van der Waals surface area contributed by atoms with Crippen molar-refractivity contribution < 1.29 is 4.74 Å². The summed E-state index contributed by atoms with van der Waals surface area (Å²) in [5.74, 6) is 0.585. The minimum atomic E-state index is 0.318. The van der Waals surface area contributed by atoms with Gasteiger partial charge in [0.25, 0.3) is 0 Å². The van der Waals surface area contributed by atoms with Gasteiger partial charge in [0, 0.05) is 15.7 Å². The Balaban J connectivity index is 1.70. The summed E-state index contributed by atoms with van der Waals surface area (Å²) < 4.78 is 5.42. The maximum absolute atomic E-state index is 6.20. The number of methoxy groups -OCH3 is 1. The van der Waals surface area contributed by atoms with E-state index in [4.69, 9.17) is 75.6 Å². The summed E-state index contributed by atoms with van der Waals surface area (Å²) in [6.07, 6.45) is 0. The van der Waals surface area contributed by atoms with Crippen LogP contribution in [0, 0.1) is 0 Å². The Bertz CT molecular complexity index is 1180. The van der Waals surface area contributed by atoms with Gasteiger partial charge in [-0.2, -0.15) is 0 Å². The SMILES string of the molecule is COc1ccc(NC(=S)Nc2ccc(Cl)cc2Cl)cc1NC(=S)Nc1ccc(Cl)cc1Cl. The number of nitrogens with one attached hydrogen (secondary N) is 4. The highest BCUT2D eigenvalue weighted by atomic mass is 35.5. The summed E-state index contributed by atoms with van der Waals surface area (Å²) in [7, 11) is 1.56. The Labute approximate surface area is 216 Å². The lowest BCUT2D eigenvalue weighted by molar-refractivity contribution is 0.417. The summed E-state index contributed by atoms with van der Waals surface area (Å²) >= 11 is 35.0. The van der Waals surface area contributed by atoms with Gasteiger partial charge in [-0.25, -0.2) is 0 Å². The van der Waals surface area contributed by atoms with E-state index in [0.717, 1.165) is 0 Å². The van der Waals surface area contributed by atoms with Crippen LogP contribution in [0.15, 0.2) is 54.6 Å². The number of benzene rings is 3. The van der Waals surface area contributed by atoms with Crippen LogP contribution in [0.4, 0.5) is 22.7 Å². The van der Waals surface area contributed by atoms with E-state index in [2.05, 4.69) is 21.3 Å². The average molecular weight is 546 g/mol. The number of anilines is 4. The van der Waals surface area contributed by atoms with E-state index in [9.17, 15) is 0 Å². The standard InChI is InChI=1S/C21H16Cl4N4OS2/c1-30-19-7-4-13(26-20(31)27-16-5-2-11(22)8-14(16)24)10-18(19)29-21(32)28-17-6-3-12(23)9-15(17)25/h2-10H,1H3,(H2,26,27,31)(H2,28,29,32). The predicted octanol–water partition coefficient (Wildman–Crippen LogP) is 7.93. The fraction of sp³-hybridized carbons (Fsp3) is 0.0476. The van der Waals surface area contributed by atoms with Crippen LogP contribution < -0.4 is 26.0 Å². The van der Waals surface area contributed by atoms with Gasteiger partial charge in [0.1, 0.15) is 5.75 Å². The Kier molecular flexibility index (Phi) is 8.64. The summed E-state index contributed by atoms with van der Waals surface area (Å²) in [5.41, 5.74) is 2.56. The first-order chi connectivity index (χ1) is 15.2. The maximum Gasteiger partial charge on any atom is 0.175 e. The van der Waals surface area contributed by atoms with Gasteiger partial charge < -0.3 is 26.0 Å². The smallest absolute Gasteiger partial charge is 0.175 e. The molecule has 3 aromatic carbocycles. The molecular weight excluding hydrogens is 530 g/mol. The number of hydrogen-bond donors (Lipinski definition) is 4. The second kappa shape index (κ2) is 11.2. The van der Waals surface area contributed by atoms with Crippen molar-refractivity contribution in [2.75, 3.05) is 28.4 Å². The van der Waals surface area contributed by atoms with Crippen molar-refractivity contribution >= 4 is 104 Å². The molecule has 0 aliphatic heterocycles. The van der Waals surface area contributed by atoms with Gasteiger partial charge in [-0.15, -0.1) is 0 Å². The molecule has 0 bridgehead atoms. The third-order valence-corrected chi connectivity index (χ3v) is 5.57. The molecule has 3 rings (SSSR count). The van der Waals surface area contributed by atoms with E-state index in [1.807, 2.05) is 6.07 Å². The molecule has 166 valence electrons. The second-order valence-corrected chi connectivity index (χ2v) is 8.83. The van der Waals surface area contributed by atoms with Crippen molar-refractivity contribution in [3.05, 3.63) is 74.7 Å². The van der Waals surface area contributed by atoms with Gasteiger partial charge in [0.2, 0.25) is 0 Å². The molecule has 0 fully saturated rings. The van der Waals surface area contributed by atoms with E-state index in [1.54, 1.807) is 55.6 Å². The summed E-state index contributed by atoms with van der Waals surface area (Å²) in [6, 6.07) is 15.6. The summed E-state index contributed by atoms with van der Waals surface area (Å²) in [6.45, 7) is 0. The van der Waals surface area contributed by atoms with Crippen LogP contribution in [0.5, 0.6) is 5.75 Å². The first kappa shape index (κ1) is 24.6. The minimum Gasteiger partial charge on any atom is -0.495 e. The highest BCUT2D eigenvalue weighted by Gasteiger charge is 2.10. The molecule has 0 spiro atoms. The number of rotatable bonds is 5. The Morgan fingerprint density at radius 2 is 1.16 bits per heavy atom. The van der Waals surface area contributed by atoms with Gasteiger partial charge in [-0.1, -0.05) is 46.4 Å². The zero-order chi connectivity index (χ0) is 23.3. The van der Waals surface area contributed by atoms with Gasteiger partial charge >= 0.3 is 0 Å². The molecule has 11 heteroatoms. The summed E-state index contributed by atoms with van der Waals surface area (Å²) in [4.78, 5) is 0. The first-order valence-corrected chi connectivity index (χ1v) is 11.3. The highest BCUT2D eigenvalue weighted by Crippen LogP contribution is 2.30. The van der Waals surface area contributed by atoms with E-state index in [0.29, 0.717) is 58.8 Å². The van der Waals surface area contributed by atoms with E-state index < -0.39 is 0 Å². The maximum atomic E-state index is 6.20. The number of thiocarbonyl (C=S) groups is 2. The number of halogens is 4. The van der Waals surface area contributed by atoms with E-state index in [1.165, 1.54) is 0 Å². The summed E-state index contributed by atoms with van der Waals surface area (Å²) in [5, 5.41) is 14.9. The van der Waals surface area contributed by atoms with E-state index >= 15 is 0 Å². The molecule has 0 heterocycles. The normalized spacial score (nSPS) is 10.3. The second-order valence-electron chi connectivity index (χ2n) is 6.32. The molecule has 0 amide bonds. The lowest BCUT2D eigenvalue weighted by Crippen LogP contribution is -2.21. The van der Waals surface area contributed by atoms with Crippen LogP contribution in [0.2, 0.25) is 20.1 Å². The molecule has 0 saturated carbocycles. The van der Waals surface area contributed by atoms with Crippen LogP contribution in [0.3, 0.4) is 0 Å². The van der Waals surface area contributed by atoms with Crippen LogP contribution >= 0.6 is 70.8 Å². The van der Waals surface area contributed by atoms with Gasteiger partial charge in [0.15, 0.2) is 10.2 Å². The van der Waals surface area contributed by atoms with Crippen molar-refractivity contribution in [1.82, 2.24) is 0 Å². The Hall–Kier alpha value is -2.00. The number of ether oxygens (including phenoxy) is 1. The molecular formula is C21H16Cl4N4OS2. The van der Waals surface area contributed by atoms with Crippen LogP contribution in [0.1, 0.15) is 0 Å². The van der Waals surface area contributed by atoms with Crippen LogP contribution in [0.25, 0.3) is 0 Å². The molecule has 4 N–H and O–H groups in total. The largest absolute Gasteiger partial charge is 0.495 e. The molecule has 3 aromatic rings. The molecule has 0 aromatic heterocycles. The van der Waals surface area contributed by atoms with Crippen LogP contribution in [-0.2, 0) is 0 Å². The third kappa shape index (κ3) is 6.75. The monoisotopic (exact) mass is 544 g/mol. The lowest BCUT2D eigenvalue weighted by Gasteiger charge is -2.17. The number of hydrogen-bond acceptors (Lipinski definition) is 3. The Morgan fingerprint density at radius 3 is 1.66 bits per heavy atom. The third-order valence-electron chi connectivity index (χ3n) is 4.06. The van der Waals surface area contributed by atoms with Crippen molar-refractivity contribution in [1.29, 1.82) is 0 Å². The topological polar surface area (TPSA) is 57.4 Å². The van der Waals surface area contributed by atoms with Gasteiger partial charge in [-0.05, 0) is 79.0 Å². The van der Waals surface area contributed by atoms with Crippen molar-refractivity contribution in [2.24, 2.45) is 0 Å². The molecule has 0 radical (unpaired) electrons.